The average Bonchev–Trinajstić information content (AvgIpc) is 2.59. The lowest BCUT2D eigenvalue weighted by molar-refractivity contribution is 0.302. The zero-order valence-electron chi connectivity index (χ0n) is 13.5. The smallest absolute Gasteiger partial charge is 0.249 e. The highest BCUT2D eigenvalue weighted by molar-refractivity contribution is 5.41. The quantitative estimate of drug-likeness (QED) is 0.617. The van der Waals surface area contributed by atoms with Crippen molar-refractivity contribution in [1.29, 1.82) is 0 Å². The zero-order chi connectivity index (χ0) is 15.9. The Morgan fingerprint density at radius 3 is 2.45 bits per heavy atom. The van der Waals surface area contributed by atoms with E-state index in [2.05, 4.69) is 30.8 Å². The fourth-order valence-electron chi connectivity index (χ4n) is 2.37. The van der Waals surface area contributed by atoms with Crippen LogP contribution in [0, 0.1) is 6.57 Å². The van der Waals surface area contributed by atoms with E-state index in [1.165, 1.54) is 5.56 Å². The summed E-state index contributed by atoms with van der Waals surface area (Å²) in [6.45, 7) is 14.2. The molecule has 0 N–H and O–H groups in total. The van der Waals surface area contributed by atoms with E-state index in [-0.39, 0.29) is 6.04 Å². The lowest BCUT2D eigenvalue weighted by atomic mass is 9.94. The molecular weight excluding hydrogens is 270 g/mol. The number of benzene rings is 2. The van der Waals surface area contributed by atoms with E-state index >= 15 is 0 Å². The molecule has 22 heavy (non-hydrogen) atoms. The van der Waals surface area contributed by atoms with Gasteiger partial charge in [0.2, 0.25) is 6.04 Å². The first kappa shape index (κ1) is 16.1. The van der Waals surface area contributed by atoms with Crippen molar-refractivity contribution in [3.05, 3.63) is 76.6 Å². The number of hydrogen-bond acceptors (Lipinski definition) is 1. The predicted octanol–water partition coefficient (Wildman–Crippen LogP) is 5.76. The van der Waals surface area contributed by atoms with Crippen LogP contribution in [0.1, 0.15) is 55.8 Å². The van der Waals surface area contributed by atoms with Crippen molar-refractivity contribution in [3.63, 3.8) is 0 Å². The summed E-state index contributed by atoms with van der Waals surface area (Å²) in [5.41, 5.74) is 3.40. The summed E-state index contributed by atoms with van der Waals surface area (Å²) in [6.07, 6.45) is 1.09. The van der Waals surface area contributed by atoms with Crippen LogP contribution in [-0.4, -0.2) is 0 Å². The van der Waals surface area contributed by atoms with Gasteiger partial charge in [0.25, 0.3) is 0 Å². The van der Waals surface area contributed by atoms with Gasteiger partial charge in [0.15, 0.2) is 0 Å². The lowest BCUT2D eigenvalue weighted by Crippen LogP contribution is -2.02. The molecule has 2 aromatic carbocycles. The van der Waals surface area contributed by atoms with Gasteiger partial charge in [-0.2, -0.15) is 0 Å². The molecule has 2 nitrogen and oxygen atoms in total. The van der Waals surface area contributed by atoms with E-state index in [1.54, 1.807) is 0 Å². The van der Waals surface area contributed by atoms with Crippen LogP contribution in [0.5, 0.6) is 5.75 Å². The van der Waals surface area contributed by atoms with Gasteiger partial charge in [-0.1, -0.05) is 50.2 Å². The molecule has 114 valence electrons. The molecular formula is C20H23NO. The van der Waals surface area contributed by atoms with Crippen molar-refractivity contribution in [2.24, 2.45) is 0 Å². The molecule has 0 bridgehead atoms. The van der Waals surface area contributed by atoms with Gasteiger partial charge in [-0.15, -0.1) is 0 Å². The number of ether oxygens (including phenoxy) is 1. The summed E-state index contributed by atoms with van der Waals surface area (Å²) < 4.78 is 5.97. The Morgan fingerprint density at radius 1 is 1.09 bits per heavy atom. The van der Waals surface area contributed by atoms with Crippen LogP contribution in [0.15, 0.2) is 48.5 Å². The monoisotopic (exact) mass is 293 g/mol. The minimum absolute atomic E-state index is 0.185. The van der Waals surface area contributed by atoms with Crippen LogP contribution in [0.25, 0.3) is 4.85 Å². The Hall–Kier alpha value is -2.27. The fourth-order valence-corrected chi connectivity index (χ4v) is 2.37. The van der Waals surface area contributed by atoms with E-state index < -0.39 is 0 Å². The van der Waals surface area contributed by atoms with Crippen molar-refractivity contribution in [2.75, 3.05) is 0 Å². The molecule has 0 aliphatic carbocycles. The molecule has 2 heteroatoms. The zero-order valence-corrected chi connectivity index (χ0v) is 13.5. The first-order chi connectivity index (χ1) is 10.7. The van der Waals surface area contributed by atoms with Gasteiger partial charge in [-0.05, 0) is 35.6 Å². The third kappa shape index (κ3) is 3.89. The van der Waals surface area contributed by atoms with Crippen molar-refractivity contribution >= 4 is 0 Å². The predicted molar refractivity (Wildman–Crippen MR) is 90.9 cm³/mol. The maximum Gasteiger partial charge on any atom is 0.249 e. The molecule has 0 saturated carbocycles. The largest absolute Gasteiger partial charge is 0.488 e. The second-order valence-corrected chi connectivity index (χ2v) is 5.69. The Morgan fingerprint density at radius 2 is 1.82 bits per heavy atom. The van der Waals surface area contributed by atoms with Crippen LogP contribution in [0.2, 0.25) is 0 Å². The van der Waals surface area contributed by atoms with E-state index in [1.807, 2.05) is 43.3 Å². The maximum atomic E-state index is 7.33. The minimum Gasteiger partial charge on any atom is -0.488 e. The maximum absolute atomic E-state index is 7.33. The van der Waals surface area contributed by atoms with Crippen molar-refractivity contribution in [1.82, 2.24) is 0 Å². The van der Waals surface area contributed by atoms with Crippen LogP contribution in [0.3, 0.4) is 0 Å². The molecule has 0 saturated heterocycles. The second-order valence-electron chi connectivity index (χ2n) is 5.69. The van der Waals surface area contributed by atoms with Gasteiger partial charge >= 0.3 is 0 Å². The third-order valence-electron chi connectivity index (χ3n) is 4.10. The highest BCUT2D eigenvalue weighted by atomic mass is 16.5. The summed E-state index contributed by atoms with van der Waals surface area (Å²) in [5, 5.41) is 0. The van der Waals surface area contributed by atoms with Crippen LogP contribution in [0.4, 0.5) is 0 Å². The molecule has 0 heterocycles. The average molecular weight is 293 g/mol. The standard InChI is InChI=1S/C20H23NO/c1-5-15(2)18-11-12-20(19(13-18)16(3)21-4)22-14-17-9-7-6-8-10-17/h6-13,15-16H,5,14H2,1-3H3. The summed E-state index contributed by atoms with van der Waals surface area (Å²) in [4.78, 5) is 3.67. The lowest BCUT2D eigenvalue weighted by Gasteiger charge is -2.15. The molecule has 0 fully saturated rings. The molecule has 2 aromatic rings. The SMILES string of the molecule is [C-]#[N+]C(C)c1cc(C(C)CC)ccc1OCc1ccccc1. The minimum atomic E-state index is -0.185. The van der Waals surface area contributed by atoms with E-state index in [4.69, 9.17) is 11.3 Å². The Balaban J connectivity index is 2.24. The highest BCUT2D eigenvalue weighted by Crippen LogP contribution is 2.32. The van der Waals surface area contributed by atoms with Crippen LogP contribution in [-0.2, 0) is 6.61 Å². The first-order valence-electron chi connectivity index (χ1n) is 7.82. The molecule has 0 aliphatic heterocycles. The molecule has 0 aromatic heterocycles. The van der Waals surface area contributed by atoms with Gasteiger partial charge in [-0.25, -0.2) is 6.57 Å². The number of hydrogen-bond donors (Lipinski definition) is 0. The summed E-state index contributed by atoms with van der Waals surface area (Å²) in [7, 11) is 0. The molecule has 0 spiro atoms. The number of rotatable bonds is 6. The van der Waals surface area contributed by atoms with Gasteiger partial charge in [0.1, 0.15) is 12.4 Å². The Labute approximate surface area is 133 Å². The van der Waals surface area contributed by atoms with Crippen molar-refractivity contribution < 1.29 is 4.74 Å². The van der Waals surface area contributed by atoms with Gasteiger partial charge < -0.3 is 9.58 Å². The Bertz CT molecular complexity index is 643. The molecule has 2 atom stereocenters. The Kier molecular flexibility index (Phi) is 5.61. The fraction of sp³-hybridized carbons (Fsp3) is 0.350. The molecule has 2 rings (SSSR count). The molecule has 0 amide bonds. The van der Waals surface area contributed by atoms with Crippen LogP contribution >= 0.6 is 0 Å². The van der Waals surface area contributed by atoms with Crippen LogP contribution < -0.4 is 4.74 Å². The van der Waals surface area contributed by atoms with E-state index in [0.717, 1.165) is 23.3 Å². The molecule has 2 unspecified atom stereocenters. The second kappa shape index (κ2) is 7.66. The molecule has 0 aliphatic rings. The normalized spacial score (nSPS) is 13.2. The van der Waals surface area contributed by atoms with Gasteiger partial charge in [-0.3, -0.25) is 0 Å². The highest BCUT2D eigenvalue weighted by Gasteiger charge is 2.17. The first-order valence-corrected chi connectivity index (χ1v) is 7.82. The summed E-state index contributed by atoms with van der Waals surface area (Å²) in [5.74, 6) is 1.32. The number of nitrogens with zero attached hydrogens (tertiary/aromatic N) is 1. The third-order valence-corrected chi connectivity index (χ3v) is 4.10. The van der Waals surface area contributed by atoms with Gasteiger partial charge in [0, 0.05) is 6.92 Å². The van der Waals surface area contributed by atoms with Crippen molar-refractivity contribution in [2.45, 2.75) is 45.8 Å². The topological polar surface area (TPSA) is 13.6 Å². The molecule has 0 radical (unpaired) electrons. The van der Waals surface area contributed by atoms with E-state index in [0.29, 0.717) is 12.5 Å². The van der Waals surface area contributed by atoms with Gasteiger partial charge in [0.05, 0.1) is 5.56 Å². The van der Waals surface area contributed by atoms with Crippen molar-refractivity contribution in [3.8, 4) is 5.75 Å². The summed E-state index contributed by atoms with van der Waals surface area (Å²) >= 11 is 0. The summed E-state index contributed by atoms with van der Waals surface area (Å²) in [6, 6.07) is 16.2. The van der Waals surface area contributed by atoms with E-state index in [9.17, 15) is 0 Å².